The minimum absolute atomic E-state index is 0.264. The maximum atomic E-state index is 13.8. The van der Waals surface area contributed by atoms with Gasteiger partial charge in [-0.3, -0.25) is 0 Å². The second kappa shape index (κ2) is 4.46. The van der Waals surface area contributed by atoms with E-state index in [1.165, 1.54) is 17.4 Å². The van der Waals surface area contributed by atoms with E-state index in [1.54, 1.807) is 12.1 Å². The number of rotatable bonds is 1. The van der Waals surface area contributed by atoms with Gasteiger partial charge in [-0.2, -0.15) is 0 Å². The van der Waals surface area contributed by atoms with E-state index in [-0.39, 0.29) is 11.4 Å². The monoisotopic (exact) mass is 298 g/mol. The van der Waals surface area contributed by atoms with Gasteiger partial charge in [0.1, 0.15) is 5.82 Å². The Kier molecular flexibility index (Phi) is 2.93. The average molecular weight is 299 g/mol. The van der Waals surface area contributed by atoms with Crippen LogP contribution in [0.2, 0.25) is 10.2 Å². The normalized spacial score (nSPS) is 11.1. The first-order valence-corrected chi connectivity index (χ1v) is 6.65. The van der Waals surface area contributed by atoms with Gasteiger partial charge < -0.3 is 0 Å². The van der Waals surface area contributed by atoms with Gasteiger partial charge in [0.25, 0.3) is 0 Å². The molecule has 0 amide bonds. The largest absolute Gasteiger partial charge is 0.227 e. The van der Waals surface area contributed by atoms with Crippen LogP contribution in [0.3, 0.4) is 0 Å². The lowest BCUT2D eigenvalue weighted by atomic mass is 10.2. The van der Waals surface area contributed by atoms with Gasteiger partial charge in [-0.1, -0.05) is 23.2 Å². The van der Waals surface area contributed by atoms with Crippen LogP contribution in [0.25, 0.3) is 21.6 Å². The van der Waals surface area contributed by atoms with Gasteiger partial charge in [0.15, 0.2) is 11.0 Å². The summed E-state index contributed by atoms with van der Waals surface area (Å²) in [6.45, 7) is 0. The first kappa shape index (κ1) is 11.8. The zero-order valence-electron chi connectivity index (χ0n) is 8.82. The Labute approximate surface area is 116 Å². The highest BCUT2D eigenvalue weighted by molar-refractivity contribution is 7.17. The Morgan fingerprint density at radius 2 is 1.94 bits per heavy atom. The van der Waals surface area contributed by atoms with Gasteiger partial charge in [0.2, 0.25) is 0 Å². The summed E-state index contributed by atoms with van der Waals surface area (Å²) in [6.07, 6.45) is 0. The minimum atomic E-state index is -0.465. The number of fused-ring (bicyclic) bond motifs is 1. The van der Waals surface area contributed by atoms with E-state index < -0.39 is 5.82 Å². The molecule has 0 aliphatic rings. The van der Waals surface area contributed by atoms with Crippen molar-refractivity contribution in [3.8, 4) is 11.4 Å². The summed E-state index contributed by atoms with van der Waals surface area (Å²) in [5.41, 5.74) is 0.999. The van der Waals surface area contributed by atoms with E-state index in [1.807, 2.05) is 11.4 Å². The number of halogens is 3. The van der Waals surface area contributed by atoms with Crippen molar-refractivity contribution in [2.24, 2.45) is 0 Å². The standard InChI is InChI=1S/C12H5Cl2FN2S/c13-6-1-2-7(8(15)5-6)12-16-9-3-4-18-10(9)11(14)17-12/h1-5H. The van der Waals surface area contributed by atoms with Crippen molar-refractivity contribution in [3.63, 3.8) is 0 Å². The zero-order valence-corrected chi connectivity index (χ0v) is 11.2. The molecule has 2 nitrogen and oxygen atoms in total. The van der Waals surface area contributed by atoms with Gasteiger partial charge >= 0.3 is 0 Å². The first-order valence-electron chi connectivity index (χ1n) is 5.01. The molecule has 0 unspecified atom stereocenters. The molecule has 0 saturated heterocycles. The molecule has 0 fully saturated rings. The average Bonchev–Trinajstić information content (AvgIpc) is 2.77. The van der Waals surface area contributed by atoms with E-state index in [9.17, 15) is 4.39 Å². The van der Waals surface area contributed by atoms with Crippen LogP contribution in [0.15, 0.2) is 29.6 Å². The van der Waals surface area contributed by atoms with Gasteiger partial charge in [-0.15, -0.1) is 11.3 Å². The maximum absolute atomic E-state index is 13.8. The van der Waals surface area contributed by atoms with Gasteiger partial charge in [-0.25, -0.2) is 14.4 Å². The molecule has 0 spiro atoms. The molecule has 1 aromatic carbocycles. The highest BCUT2D eigenvalue weighted by Crippen LogP contribution is 2.30. The van der Waals surface area contributed by atoms with Crippen molar-refractivity contribution < 1.29 is 4.39 Å². The Morgan fingerprint density at radius 3 is 2.72 bits per heavy atom. The van der Waals surface area contributed by atoms with Crippen LogP contribution in [-0.2, 0) is 0 Å². The second-order valence-corrected chi connectivity index (χ2v) is 5.31. The summed E-state index contributed by atoms with van der Waals surface area (Å²) in [7, 11) is 0. The van der Waals surface area contributed by atoms with E-state index in [0.29, 0.717) is 15.7 Å². The van der Waals surface area contributed by atoms with Crippen molar-refractivity contribution in [2.75, 3.05) is 0 Å². The summed E-state index contributed by atoms with van der Waals surface area (Å²) in [5, 5.41) is 2.53. The second-order valence-electron chi connectivity index (χ2n) is 3.60. The molecule has 3 rings (SSSR count). The fraction of sp³-hybridized carbons (Fsp3) is 0. The molecule has 0 aliphatic carbocycles. The number of thiophene rings is 1. The molecule has 2 aromatic heterocycles. The van der Waals surface area contributed by atoms with Crippen LogP contribution in [0, 0.1) is 5.82 Å². The third-order valence-corrected chi connectivity index (χ3v) is 3.97. The molecule has 0 radical (unpaired) electrons. The van der Waals surface area contributed by atoms with Gasteiger partial charge in [0.05, 0.1) is 15.8 Å². The van der Waals surface area contributed by atoms with Crippen molar-refractivity contribution in [1.82, 2.24) is 9.97 Å². The third-order valence-electron chi connectivity index (χ3n) is 2.43. The summed E-state index contributed by atoms with van der Waals surface area (Å²) in [6, 6.07) is 6.19. The Balaban J connectivity index is 2.24. The molecule has 0 aliphatic heterocycles. The first-order chi connectivity index (χ1) is 8.65. The van der Waals surface area contributed by atoms with E-state index >= 15 is 0 Å². The zero-order chi connectivity index (χ0) is 12.7. The molecular formula is C12H5Cl2FN2S. The predicted molar refractivity (Wildman–Crippen MR) is 72.8 cm³/mol. The summed E-state index contributed by atoms with van der Waals surface area (Å²) in [4.78, 5) is 8.40. The minimum Gasteiger partial charge on any atom is -0.227 e. The van der Waals surface area contributed by atoms with Gasteiger partial charge in [0, 0.05) is 5.02 Å². The summed E-state index contributed by atoms with van der Waals surface area (Å²) in [5.74, 6) is -0.201. The van der Waals surface area contributed by atoms with Crippen LogP contribution < -0.4 is 0 Å². The summed E-state index contributed by atoms with van der Waals surface area (Å²) >= 11 is 13.2. The summed E-state index contributed by atoms with van der Waals surface area (Å²) < 4.78 is 14.6. The van der Waals surface area contributed by atoms with Crippen molar-refractivity contribution in [2.45, 2.75) is 0 Å². The molecule has 2 heterocycles. The topological polar surface area (TPSA) is 25.8 Å². The predicted octanol–water partition coefficient (Wildman–Crippen LogP) is 4.80. The van der Waals surface area contributed by atoms with E-state index in [0.717, 1.165) is 4.70 Å². The Hall–Kier alpha value is -1.23. The van der Waals surface area contributed by atoms with Gasteiger partial charge in [-0.05, 0) is 29.6 Å². The molecule has 3 aromatic rings. The van der Waals surface area contributed by atoms with Crippen molar-refractivity contribution >= 4 is 44.8 Å². The Morgan fingerprint density at radius 1 is 1.11 bits per heavy atom. The fourth-order valence-electron chi connectivity index (χ4n) is 1.62. The molecule has 18 heavy (non-hydrogen) atoms. The van der Waals surface area contributed by atoms with Crippen molar-refractivity contribution in [1.29, 1.82) is 0 Å². The number of hydrogen-bond donors (Lipinski definition) is 0. The van der Waals surface area contributed by atoms with Crippen LogP contribution in [0.4, 0.5) is 4.39 Å². The highest BCUT2D eigenvalue weighted by Gasteiger charge is 2.12. The number of benzene rings is 1. The highest BCUT2D eigenvalue weighted by atomic mass is 35.5. The molecule has 0 atom stereocenters. The number of hydrogen-bond acceptors (Lipinski definition) is 3. The van der Waals surface area contributed by atoms with Crippen LogP contribution in [0.5, 0.6) is 0 Å². The van der Waals surface area contributed by atoms with E-state index in [2.05, 4.69) is 9.97 Å². The smallest absolute Gasteiger partial charge is 0.164 e. The maximum Gasteiger partial charge on any atom is 0.164 e. The molecule has 0 N–H and O–H groups in total. The molecule has 6 heteroatoms. The lowest BCUT2D eigenvalue weighted by Gasteiger charge is -2.03. The molecule has 0 bridgehead atoms. The fourth-order valence-corrected chi connectivity index (χ4v) is 2.80. The van der Waals surface area contributed by atoms with Crippen LogP contribution in [-0.4, -0.2) is 9.97 Å². The lowest BCUT2D eigenvalue weighted by Crippen LogP contribution is -1.92. The molecule has 0 saturated carbocycles. The molecule has 90 valence electrons. The number of aromatic nitrogens is 2. The lowest BCUT2D eigenvalue weighted by molar-refractivity contribution is 0.630. The van der Waals surface area contributed by atoms with Crippen LogP contribution >= 0.6 is 34.5 Å². The van der Waals surface area contributed by atoms with E-state index in [4.69, 9.17) is 23.2 Å². The number of nitrogens with zero attached hydrogens (tertiary/aromatic N) is 2. The van der Waals surface area contributed by atoms with Crippen molar-refractivity contribution in [3.05, 3.63) is 45.6 Å². The quantitative estimate of drug-likeness (QED) is 0.603. The third kappa shape index (κ3) is 1.96. The van der Waals surface area contributed by atoms with Crippen LogP contribution in [0.1, 0.15) is 0 Å². The SMILES string of the molecule is Fc1cc(Cl)ccc1-c1nc(Cl)c2sccc2n1. The Bertz CT molecular complexity index is 742. The molecular weight excluding hydrogens is 294 g/mol.